The summed E-state index contributed by atoms with van der Waals surface area (Å²) in [6, 6.07) is 7.78. The average Bonchev–Trinajstić information content (AvgIpc) is 3.20. The minimum atomic E-state index is -0.0730. The topological polar surface area (TPSA) is 77.6 Å². The molecular weight excluding hydrogens is 292 g/mol. The number of hydrogen-bond donors (Lipinski definition) is 1. The maximum absolute atomic E-state index is 12.1. The van der Waals surface area contributed by atoms with Gasteiger partial charge in [0.25, 0.3) is 0 Å². The minimum Gasteiger partial charge on any atom is -0.348 e. The molecule has 0 aliphatic rings. The fourth-order valence-electron chi connectivity index (χ4n) is 2.36. The van der Waals surface area contributed by atoms with Crippen LogP contribution in [-0.4, -0.2) is 30.5 Å². The van der Waals surface area contributed by atoms with E-state index in [2.05, 4.69) is 20.6 Å². The Bertz CT molecular complexity index is 775. The lowest BCUT2D eigenvalue weighted by Crippen LogP contribution is -2.30. The Kier molecular flexibility index (Phi) is 4.18. The van der Waals surface area contributed by atoms with Crippen molar-refractivity contribution in [1.82, 2.24) is 29.9 Å². The van der Waals surface area contributed by atoms with Crippen LogP contribution in [0.25, 0.3) is 5.69 Å². The second-order valence-corrected chi connectivity index (χ2v) is 5.33. The fourth-order valence-corrected chi connectivity index (χ4v) is 2.36. The normalized spacial score (nSPS) is 12.1. The molecule has 1 atom stereocenters. The third-order valence-corrected chi connectivity index (χ3v) is 3.70. The molecule has 0 aliphatic carbocycles. The van der Waals surface area contributed by atoms with Gasteiger partial charge >= 0.3 is 0 Å². The molecule has 2 aromatic heterocycles. The second-order valence-electron chi connectivity index (χ2n) is 5.33. The van der Waals surface area contributed by atoms with E-state index in [1.54, 1.807) is 29.5 Å². The molecule has 0 spiro atoms. The molecule has 0 saturated heterocycles. The smallest absolute Gasteiger partial charge is 0.240 e. The van der Waals surface area contributed by atoms with E-state index >= 15 is 0 Å². The molecule has 0 aliphatic heterocycles. The number of nitrogens with zero attached hydrogens (tertiary/aromatic N) is 5. The summed E-state index contributed by atoms with van der Waals surface area (Å²) >= 11 is 0. The van der Waals surface area contributed by atoms with Crippen LogP contribution in [0.4, 0.5) is 0 Å². The SMILES string of the molecule is Cc1nccn1CC(=O)NC(C)c1ccc(-n2ccnn2)cc1. The summed E-state index contributed by atoms with van der Waals surface area (Å²) in [6.45, 7) is 4.11. The third-order valence-electron chi connectivity index (χ3n) is 3.70. The van der Waals surface area contributed by atoms with Crippen molar-refractivity contribution in [3.63, 3.8) is 0 Å². The van der Waals surface area contributed by atoms with Gasteiger partial charge < -0.3 is 9.88 Å². The summed E-state index contributed by atoms with van der Waals surface area (Å²) in [5.74, 6) is 0.781. The van der Waals surface area contributed by atoms with Gasteiger partial charge in [0, 0.05) is 12.4 Å². The maximum Gasteiger partial charge on any atom is 0.240 e. The molecule has 7 heteroatoms. The van der Waals surface area contributed by atoms with Crippen molar-refractivity contribution in [2.24, 2.45) is 0 Å². The number of rotatable bonds is 5. The van der Waals surface area contributed by atoms with Gasteiger partial charge in [-0.3, -0.25) is 4.79 Å². The van der Waals surface area contributed by atoms with E-state index in [4.69, 9.17) is 0 Å². The minimum absolute atomic E-state index is 0.0426. The Labute approximate surface area is 134 Å². The molecule has 1 N–H and O–H groups in total. The van der Waals surface area contributed by atoms with E-state index in [1.165, 1.54) is 0 Å². The number of amides is 1. The number of nitrogens with one attached hydrogen (secondary N) is 1. The molecular formula is C16H18N6O. The van der Waals surface area contributed by atoms with Crippen LogP contribution in [0.3, 0.4) is 0 Å². The number of hydrogen-bond acceptors (Lipinski definition) is 4. The Morgan fingerprint density at radius 2 is 2.00 bits per heavy atom. The molecule has 0 fully saturated rings. The van der Waals surface area contributed by atoms with Gasteiger partial charge in [-0.1, -0.05) is 17.3 Å². The predicted octanol–water partition coefficient (Wildman–Crippen LogP) is 1.65. The number of carbonyl (C=O) groups excluding carboxylic acids is 1. The first kappa shape index (κ1) is 15.0. The molecule has 0 saturated carbocycles. The number of imidazole rings is 1. The number of benzene rings is 1. The molecule has 0 bridgehead atoms. The van der Waals surface area contributed by atoms with E-state index in [1.807, 2.05) is 42.7 Å². The standard InChI is InChI=1S/C16H18N6O/c1-12(19-16(23)11-21-9-7-17-13(21)2)14-3-5-15(6-4-14)22-10-8-18-20-22/h3-10,12H,11H2,1-2H3,(H,19,23). The summed E-state index contributed by atoms with van der Waals surface area (Å²) < 4.78 is 3.50. The molecule has 1 amide bonds. The summed E-state index contributed by atoms with van der Waals surface area (Å²) in [5.41, 5.74) is 1.96. The van der Waals surface area contributed by atoms with Gasteiger partial charge in [-0.15, -0.1) is 5.10 Å². The van der Waals surface area contributed by atoms with Crippen molar-refractivity contribution in [3.8, 4) is 5.69 Å². The molecule has 1 aromatic carbocycles. The highest BCUT2D eigenvalue weighted by Gasteiger charge is 2.11. The van der Waals surface area contributed by atoms with E-state index in [0.29, 0.717) is 0 Å². The second kappa shape index (κ2) is 6.43. The van der Waals surface area contributed by atoms with E-state index < -0.39 is 0 Å². The van der Waals surface area contributed by atoms with E-state index in [-0.39, 0.29) is 18.5 Å². The molecule has 1 unspecified atom stereocenters. The van der Waals surface area contributed by atoms with Gasteiger partial charge in [0.1, 0.15) is 12.4 Å². The monoisotopic (exact) mass is 310 g/mol. The molecule has 3 rings (SSSR count). The molecule has 7 nitrogen and oxygen atoms in total. The average molecular weight is 310 g/mol. The zero-order valence-corrected chi connectivity index (χ0v) is 13.0. The molecule has 0 radical (unpaired) electrons. The summed E-state index contributed by atoms with van der Waals surface area (Å²) in [6.07, 6.45) is 6.91. The van der Waals surface area contributed by atoms with Crippen LogP contribution in [0.5, 0.6) is 0 Å². The van der Waals surface area contributed by atoms with Crippen molar-refractivity contribution in [1.29, 1.82) is 0 Å². The number of aromatic nitrogens is 5. The van der Waals surface area contributed by atoms with Gasteiger partial charge in [-0.2, -0.15) is 0 Å². The lowest BCUT2D eigenvalue weighted by atomic mass is 10.1. The first-order valence-corrected chi connectivity index (χ1v) is 7.37. The van der Waals surface area contributed by atoms with Crippen molar-refractivity contribution < 1.29 is 4.79 Å². The highest BCUT2D eigenvalue weighted by molar-refractivity contribution is 5.76. The highest BCUT2D eigenvalue weighted by atomic mass is 16.2. The van der Waals surface area contributed by atoms with Crippen LogP contribution in [-0.2, 0) is 11.3 Å². The van der Waals surface area contributed by atoms with Gasteiger partial charge in [0.2, 0.25) is 5.91 Å². The van der Waals surface area contributed by atoms with E-state index in [0.717, 1.165) is 17.1 Å². The van der Waals surface area contributed by atoms with Crippen molar-refractivity contribution >= 4 is 5.91 Å². The van der Waals surface area contributed by atoms with Gasteiger partial charge in [-0.05, 0) is 31.5 Å². The zero-order chi connectivity index (χ0) is 16.2. The maximum atomic E-state index is 12.1. The Balaban J connectivity index is 1.62. The van der Waals surface area contributed by atoms with Crippen molar-refractivity contribution in [2.75, 3.05) is 0 Å². The Hall–Kier alpha value is -2.96. The summed E-state index contributed by atoms with van der Waals surface area (Å²) in [7, 11) is 0. The van der Waals surface area contributed by atoms with Crippen LogP contribution in [0.15, 0.2) is 49.1 Å². The third kappa shape index (κ3) is 3.45. The van der Waals surface area contributed by atoms with Crippen molar-refractivity contribution in [2.45, 2.75) is 26.4 Å². The number of carbonyl (C=O) groups is 1. The fraction of sp³-hybridized carbons (Fsp3) is 0.250. The molecule has 118 valence electrons. The van der Waals surface area contributed by atoms with Crippen LogP contribution < -0.4 is 5.32 Å². The first-order chi connectivity index (χ1) is 11.1. The van der Waals surface area contributed by atoms with Crippen LogP contribution in [0.2, 0.25) is 0 Å². The lowest BCUT2D eigenvalue weighted by molar-refractivity contribution is -0.122. The van der Waals surface area contributed by atoms with Gasteiger partial charge in [0.05, 0.1) is 24.1 Å². The molecule has 23 heavy (non-hydrogen) atoms. The zero-order valence-electron chi connectivity index (χ0n) is 13.0. The van der Waals surface area contributed by atoms with Crippen LogP contribution in [0, 0.1) is 6.92 Å². The molecule has 2 heterocycles. The first-order valence-electron chi connectivity index (χ1n) is 7.37. The van der Waals surface area contributed by atoms with Crippen LogP contribution in [0.1, 0.15) is 24.4 Å². The lowest BCUT2D eigenvalue weighted by Gasteiger charge is -2.15. The quantitative estimate of drug-likeness (QED) is 0.777. The van der Waals surface area contributed by atoms with Gasteiger partial charge in [-0.25, -0.2) is 9.67 Å². The Morgan fingerprint density at radius 3 is 2.61 bits per heavy atom. The molecule has 3 aromatic rings. The van der Waals surface area contributed by atoms with Crippen LogP contribution >= 0.6 is 0 Å². The van der Waals surface area contributed by atoms with E-state index in [9.17, 15) is 4.79 Å². The predicted molar refractivity (Wildman–Crippen MR) is 84.9 cm³/mol. The number of aryl methyl sites for hydroxylation is 1. The highest BCUT2D eigenvalue weighted by Crippen LogP contribution is 2.15. The summed E-state index contributed by atoms with van der Waals surface area (Å²) in [5, 5.41) is 10.7. The van der Waals surface area contributed by atoms with Gasteiger partial charge in [0.15, 0.2) is 0 Å². The summed E-state index contributed by atoms with van der Waals surface area (Å²) in [4.78, 5) is 16.2. The largest absolute Gasteiger partial charge is 0.348 e. The Morgan fingerprint density at radius 1 is 1.22 bits per heavy atom. The van der Waals surface area contributed by atoms with Crippen molar-refractivity contribution in [3.05, 3.63) is 60.4 Å².